The van der Waals surface area contributed by atoms with Gasteiger partial charge in [-0.15, -0.1) is 0 Å². The molecule has 0 aliphatic rings. The van der Waals surface area contributed by atoms with Crippen molar-refractivity contribution in [1.82, 2.24) is 9.97 Å². The second-order valence-corrected chi connectivity index (χ2v) is 6.33. The predicted molar refractivity (Wildman–Crippen MR) is 83.7 cm³/mol. The van der Waals surface area contributed by atoms with E-state index in [1.807, 2.05) is 24.3 Å². The van der Waals surface area contributed by atoms with Crippen LogP contribution in [0.1, 0.15) is 19.7 Å². The molecule has 0 N–H and O–H groups in total. The van der Waals surface area contributed by atoms with Gasteiger partial charge < -0.3 is 0 Å². The van der Waals surface area contributed by atoms with Gasteiger partial charge in [0, 0.05) is 10.9 Å². The molecule has 0 fully saturated rings. The number of aromatic nitrogens is 2. The molecule has 19 heavy (non-hydrogen) atoms. The summed E-state index contributed by atoms with van der Waals surface area (Å²) >= 11 is 15.9. The highest BCUT2D eigenvalue weighted by atomic mass is 79.9. The largest absolute Gasteiger partial charge is 0.220 e. The summed E-state index contributed by atoms with van der Waals surface area (Å²) in [6.07, 6.45) is 0.764. The van der Waals surface area contributed by atoms with E-state index >= 15 is 0 Å². The van der Waals surface area contributed by atoms with E-state index in [2.05, 4.69) is 39.7 Å². The van der Waals surface area contributed by atoms with Crippen LogP contribution in [-0.4, -0.2) is 9.97 Å². The summed E-state index contributed by atoms with van der Waals surface area (Å²) in [4.78, 5) is 8.66. The van der Waals surface area contributed by atoms with Crippen molar-refractivity contribution in [3.63, 3.8) is 0 Å². The van der Waals surface area contributed by atoms with Crippen LogP contribution < -0.4 is 0 Å². The Labute approximate surface area is 131 Å². The van der Waals surface area contributed by atoms with Crippen LogP contribution in [0.3, 0.4) is 0 Å². The van der Waals surface area contributed by atoms with Gasteiger partial charge in [0.15, 0.2) is 0 Å². The highest BCUT2D eigenvalue weighted by Gasteiger charge is 2.14. The molecule has 1 heterocycles. The van der Waals surface area contributed by atoms with Crippen molar-refractivity contribution in [3.8, 4) is 11.1 Å². The molecule has 2 nitrogen and oxygen atoms in total. The summed E-state index contributed by atoms with van der Waals surface area (Å²) in [5.41, 5.74) is 1.60. The third kappa shape index (κ3) is 3.68. The molecule has 5 heteroatoms. The zero-order valence-corrected chi connectivity index (χ0v) is 13.7. The highest BCUT2D eigenvalue weighted by Crippen LogP contribution is 2.33. The average molecular weight is 360 g/mol. The van der Waals surface area contributed by atoms with Crippen molar-refractivity contribution < 1.29 is 0 Å². The first kappa shape index (κ1) is 14.8. The molecule has 0 amide bonds. The number of benzene rings is 1. The molecule has 0 radical (unpaired) electrons. The standard InChI is InChI=1S/C14H13BrCl2N2/c1-8(2)7-11-18-13(16)12(14(17)19-11)9-3-5-10(15)6-4-9/h3-6,8H,7H2,1-2H3. The first-order chi connectivity index (χ1) is 8.97. The van der Waals surface area contributed by atoms with Gasteiger partial charge in [0.05, 0.1) is 5.56 Å². The van der Waals surface area contributed by atoms with Crippen LogP contribution in [0.2, 0.25) is 10.3 Å². The van der Waals surface area contributed by atoms with Gasteiger partial charge in [-0.25, -0.2) is 9.97 Å². The molecular formula is C14H13BrCl2N2. The molecule has 2 rings (SSSR count). The lowest BCUT2D eigenvalue weighted by Crippen LogP contribution is -2.02. The lowest BCUT2D eigenvalue weighted by molar-refractivity contribution is 0.621. The molecule has 0 bridgehead atoms. The minimum absolute atomic E-state index is 0.401. The van der Waals surface area contributed by atoms with Crippen LogP contribution in [0.25, 0.3) is 11.1 Å². The van der Waals surface area contributed by atoms with Gasteiger partial charge in [-0.05, 0) is 23.6 Å². The number of hydrogen-bond acceptors (Lipinski definition) is 2. The number of rotatable bonds is 3. The van der Waals surface area contributed by atoms with Crippen LogP contribution in [0.5, 0.6) is 0 Å². The van der Waals surface area contributed by atoms with E-state index in [9.17, 15) is 0 Å². The van der Waals surface area contributed by atoms with E-state index in [1.165, 1.54) is 0 Å². The maximum atomic E-state index is 6.25. The Bertz CT molecular complexity index is 559. The Kier molecular flexibility index (Phi) is 4.82. The Morgan fingerprint density at radius 1 is 1.05 bits per heavy atom. The summed E-state index contributed by atoms with van der Waals surface area (Å²) in [6, 6.07) is 7.74. The van der Waals surface area contributed by atoms with Crippen LogP contribution in [-0.2, 0) is 6.42 Å². The van der Waals surface area contributed by atoms with E-state index in [0.717, 1.165) is 16.5 Å². The quantitative estimate of drug-likeness (QED) is 0.684. The molecule has 0 unspecified atom stereocenters. The molecule has 0 atom stereocenters. The second-order valence-electron chi connectivity index (χ2n) is 4.70. The zero-order chi connectivity index (χ0) is 14.0. The molecule has 0 saturated heterocycles. The van der Waals surface area contributed by atoms with Gasteiger partial charge >= 0.3 is 0 Å². The molecule has 100 valence electrons. The molecule has 0 spiro atoms. The van der Waals surface area contributed by atoms with Crippen LogP contribution >= 0.6 is 39.1 Å². The molecule has 0 aliphatic heterocycles. The zero-order valence-electron chi connectivity index (χ0n) is 10.6. The summed E-state index contributed by atoms with van der Waals surface area (Å²) in [6.45, 7) is 4.21. The van der Waals surface area contributed by atoms with Crippen molar-refractivity contribution in [3.05, 3.63) is 44.9 Å². The lowest BCUT2D eigenvalue weighted by atomic mass is 10.1. The first-order valence-electron chi connectivity index (χ1n) is 5.95. The van der Waals surface area contributed by atoms with Crippen molar-refractivity contribution in [2.24, 2.45) is 5.92 Å². The van der Waals surface area contributed by atoms with Crippen LogP contribution in [0.4, 0.5) is 0 Å². The third-order valence-corrected chi connectivity index (χ3v) is 3.67. The van der Waals surface area contributed by atoms with E-state index in [4.69, 9.17) is 23.2 Å². The normalized spacial score (nSPS) is 11.1. The fourth-order valence-corrected chi connectivity index (χ4v) is 2.66. The number of nitrogens with zero attached hydrogens (tertiary/aromatic N) is 2. The lowest BCUT2D eigenvalue weighted by Gasteiger charge is -2.09. The summed E-state index contributed by atoms with van der Waals surface area (Å²) in [5, 5.41) is 0.802. The van der Waals surface area contributed by atoms with Crippen LogP contribution in [0, 0.1) is 5.92 Å². The Morgan fingerprint density at radius 3 is 2.05 bits per heavy atom. The van der Waals surface area contributed by atoms with Crippen LogP contribution in [0.15, 0.2) is 28.7 Å². The van der Waals surface area contributed by atoms with Gasteiger partial charge in [0.1, 0.15) is 16.1 Å². The minimum Gasteiger partial charge on any atom is -0.220 e. The van der Waals surface area contributed by atoms with E-state index in [0.29, 0.717) is 27.6 Å². The molecule has 0 aliphatic carbocycles. The van der Waals surface area contributed by atoms with Crippen molar-refractivity contribution in [2.75, 3.05) is 0 Å². The summed E-state index contributed by atoms with van der Waals surface area (Å²) in [5.74, 6) is 1.15. The van der Waals surface area contributed by atoms with E-state index < -0.39 is 0 Å². The smallest absolute Gasteiger partial charge is 0.142 e. The van der Waals surface area contributed by atoms with Gasteiger partial charge in [-0.1, -0.05) is 65.1 Å². The number of halogens is 3. The highest BCUT2D eigenvalue weighted by molar-refractivity contribution is 9.10. The molecule has 0 saturated carbocycles. The molecule has 2 aromatic rings. The van der Waals surface area contributed by atoms with Gasteiger partial charge in [-0.2, -0.15) is 0 Å². The summed E-state index contributed by atoms with van der Waals surface area (Å²) in [7, 11) is 0. The minimum atomic E-state index is 0.401. The molecule has 1 aromatic heterocycles. The second kappa shape index (κ2) is 6.21. The Hall–Kier alpha value is -0.640. The first-order valence-corrected chi connectivity index (χ1v) is 7.50. The Balaban J connectivity index is 2.44. The van der Waals surface area contributed by atoms with Crippen molar-refractivity contribution in [1.29, 1.82) is 0 Å². The summed E-state index contributed by atoms with van der Waals surface area (Å²) < 4.78 is 1.00. The van der Waals surface area contributed by atoms with Gasteiger partial charge in [0.2, 0.25) is 0 Å². The maximum absolute atomic E-state index is 6.25. The Morgan fingerprint density at radius 2 is 1.58 bits per heavy atom. The van der Waals surface area contributed by atoms with E-state index in [-0.39, 0.29) is 0 Å². The molecule has 1 aromatic carbocycles. The monoisotopic (exact) mass is 358 g/mol. The van der Waals surface area contributed by atoms with Gasteiger partial charge in [0.25, 0.3) is 0 Å². The van der Waals surface area contributed by atoms with Crippen molar-refractivity contribution >= 4 is 39.1 Å². The van der Waals surface area contributed by atoms with Gasteiger partial charge in [-0.3, -0.25) is 0 Å². The SMILES string of the molecule is CC(C)Cc1nc(Cl)c(-c2ccc(Br)cc2)c(Cl)n1. The fourth-order valence-electron chi connectivity index (χ4n) is 1.76. The van der Waals surface area contributed by atoms with Crippen molar-refractivity contribution in [2.45, 2.75) is 20.3 Å². The number of hydrogen-bond donors (Lipinski definition) is 0. The third-order valence-electron chi connectivity index (χ3n) is 2.59. The average Bonchev–Trinajstić information content (AvgIpc) is 2.29. The predicted octanol–water partition coefficient (Wildman–Crippen LogP) is 5.41. The molecular weight excluding hydrogens is 347 g/mol. The topological polar surface area (TPSA) is 25.8 Å². The maximum Gasteiger partial charge on any atom is 0.142 e. The van der Waals surface area contributed by atoms with E-state index in [1.54, 1.807) is 0 Å². The fraction of sp³-hybridized carbons (Fsp3) is 0.286.